The molecule has 128 valence electrons. The highest BCUT2D eigenvalue weighted by atomic mass is 32.1. The number of fused-ring (bicyclic) bond motifs is 1. The smallest absolute Gasteiger partial charge is 0.271 e. The van der Waals surface area contributed by atoms with E-state index in [0.717, 1.165) is 15.4 Å². The molecule has 0 unspecified atom stereocenters. The molecule has 7 nitrogen and oxygen atoms in total. The number of nitrogens with zero attached hydrogens (tertiary/aromatic N) is 4. The van der Waals surface area contributed by atoms with Crippen molar-refractivity contribution >= 4 is 61.8 Å². The number of hydrogen-bond donors (Lipinski definition) is 0. The quantitative estimate of drug-likeness (QED) is 0.493. The number of anilines is 1. The molecule has 3 aromatic rings. The zero-order valence-corrected chi connectivity index (χ0v) is 15.1. The lowest BCUT2D eigenvalue weighted by Gasteiger charge is -2.14. The number of aromatic nitrogens is 2. The molecule has 0 aliphatic carbocycles. The van der Waals surface area contributed by atoms with Crippen LogP contribution in [-0.2, 0) is 4.79 Å². The standard InChI is InChI=1S/C16H14N4O3S2/c1-3-19(10(2)21)16-17-11(9-24-16)4-7-15-18-13-8-12(20(22)23)5-6-14(13)25-15/h4-9H,3H2,1-2H3/b7-4+. The highest BCUT2D eigenvalue weighted by Crippen LogP contribution is 2.27. The van der Waals surface area contributed by atoms with Crippen LogP contribution in [-0.4, -0.2) is 27.3 Å². The molecule has 2 heterocycles. The number of carbonyl (C=O) groups excluding carboxylic acids is 1. The molecule has 0 radical (unpaired) electrons. The fourth-order valence-corrected chi connectivity index (χ4v) is 4.00. The number of rotatable bonds is 5. The zero-order valence-electron chi connectivity index (χ0n) is 13.5. The molecule has 2 aromatic heterocycles. The van der Waals surface area contributed by atoms with E-state index >= 15 is 0 Å². The predicted octanol–water partition coefficient (Wildman–Crippen LogP) is 4.20. The number of carbonyl (C=O) groups is 1. The van der Waals surface area contributed by atoms with Crippen molar-refractivity contribution in [1.82, 2.24) is 9.97 Å². The summed E-state index contributed by atoms with van der Waals surface area (Å²) in [4.78, 5) is 32.4. The van der Waals surface area contributed by atoms with Crippen molar-refractivity contribution in [1.29, 1.82) is 0 Å². The second kappa shape index (κ2) is 7.08. The first kappa shape index (κ1) is 17.2. The van der Waals surface area contributed by atoms with Gasteiger partial charge in [-0.15, -0.1) is 22.7 Å². The Bertz CT molecular complexity index is 977. The minimum Gasteiger partial charge on any atom is -0.289 e. The molecule has 3 rings (SSSR count). The number of nitro groups is 1. The van der Waals surface area contributed by atoms with E-state index in [2.05, 4.69) is 9.97 Å². The maximum Gasteiger partial charge on any atom is 0.271 e. The lowest BCUT2D eigenvalue weighted by atomic mass is 10.3. The molecule has 0 aliphatic heterocycles. The molecule has 0 aliphatic rings. The summed E-state index contributed by atoms with van der Waals surface area (Å²) in [5.41, 5.74) is 1.37. The number of thiazole rings is 2. The van der Waals surface area contributed by atoms with E-state index in [1.54, 1.807) is 11.0 Å². The SMILES string of the molecule is CCN(C(C)=O)c1nc(/C=C/c2nc3cc([N+](=O)[O-])ccc3s2)cs1. The minimum absolute atomic E-state index is 0.0290. The van der Waals surface area contributed by atoms with E-state index in [0.29, 0.717) is 17.2 Å². The van der Waals surface area contributed by atoms with Gasteiger partial charge in [-0.1, -0.05) is 0 Å². The van der Waals surface area contributed by atoms with Crippen LogP contribution >= 0.6 is 22.7 Å². The van der Waals surface area contributed by atoms with Gasteiger partial charge in [0.25, 0.3) is 5.69 Å². The Hall–Kier alpha value is -2.65. The normalized spacial score (nSPS) is 11.3. The third-order valence-electron chi connectivity index (χ3n) is 3.43. The van der Waals surface area contributed by atoms with Crippen molar-refractivity contribution in [2.75, 3.05) is 11.4 Å². The van der Waals surface area contributed by atoms with E-state index in [1.165, 1.54) is 41.7 Å². The molecule has 9 heteroatoms. The van der Waals surface area contributed by atoms with Gasteiger partial charge in [-0.05, 0) is 25.1 Å². The monoisotopic (exact) mass is 374 g/mol. The van der Waals surface area contributed by atoms with Crippen molar-refractivity contribution < 1.29 is 9.72 Å². The van der Waals surface area contributed by atoms with Gasteiger partial charge in [0.15, 0.2) is 5.13 Å². The van der Waals surface area contributed by atoms with E-state index in [9.17, 15) is 14.9 Å². The van der Waals surface area contributed by atoms with Gasteiger partial charge >= 0.3 is 0 Å². The Morgan fingerprint density at radius 3 is 2.84 bits per heavy atom. The summed E-state index contributed by atoms with van der Waals surface area (Å²) >= 11 is 2.86. The Kier molecular flexibility index (Phi) is 4.86. The highest BCUT2D eigenvalue weighted by Gasteiger charge is 2.13. The summed E-state index contributed by atoms with van der Waals surface area (Å²) < 4.78 is 0.887. The average molecular weight is 374 g/mol. The molecule has 1 aromatic carbocycles. The summed E-state index contributed by atoms with van der Waals surface area (Å²) in [5, 5.41) is 14.1. The molecule has 0 atom stereocenters. The van der Waals surface area contributed by atoms with Crippen LogP contribution in [0.15, 0.2) is 23.6 Å². The van der Waals surface area contributed by atoms with Crippen molar-refractivity contribution in [2.45, 2.75) is 13.8 Å². The second-order valence-corrected chi connectivity index (χ2v) is 7.01. The fourth-order valence-electron chi connectivity index (χ4n) is 2.24. The van der Waals surface area contributed by atoms with Crippen LogP contribution in [0.3, 0.4) is 0 Å². The molecular weight excluding hydrogens is 360 g/mol. The maximum atomic E-state index is 11.6. The van der Waals surface area contributed by atoms with Crippen LogP contribution in [0, 0.1) is 10.1 Å². The number of benzene rings is 1. The van der Waals surface area contributed by atoms with Gasteiger partial charge in [0.05, 0.1) is 20.8 Å². The van der Waals surface area contributed by atoms with Crippen LogP contribution in [0.1, 0.15) is 24.5 Å². The van der Waals surface area contributed by atoms with Gasteiger partial charge in [-0.3, -0.25) is 19.8 Å². The maximum absolute atomic E-state index is 11.6. The molecule has 0 saturated heterocycles. The third-order valence-corrected chi connectivity index (χ3v) is 5.32. The lowest BCUT2D eigenvalue weighted by molar-refractivity contribution is -0.384. The number of hydrogen-bond acceptors (Lipinski definition) is 7. The number of amides is 1. The van der Waals surface area contributed by atoms with Crippen molar-refractivity contribution in [3.8, 4) is 0 Å². The summed E-state index contributed by atoms with van der Waals surface area (Å²) in [5.74, 6) is -0.0415. The van der Waals surface area contributed by atoms with Crippen LogP contribution in [0.4, 0.5) is 10.8 Å². The first-order chi connectivity index (χ1) is 12.0. The van der Waals surface area contributed by atoms with Gasteiger partial charge in [-0.25, -0.2) is 9.97 Å². The van der Waals surface area contributed by atoms with Gasteiger partial charge in [-0.2, -0.15) is 0 Å². The average Bonchev–Trinajstić information content (AvgIpc) is 3.18. The lowest BCUT2D eigenvalue weighted by Crippen LogP contribution is -2.27. The molecule has 1 amide bonds. The van der Waals surface area contributed by atoms with Gasteiger partial charge in [0.2, 0.25) is 5.91 Å². The molecule has 0 spiro atoms. The van der Waals surface area contributed by atoms with E-state index < -0.39 is 4.92 Å². The Labute approximate surface area is 151 Å². The molecule has 0 saturated carbocycles. The van der Waals surface area contributed by atoms with Gasteiger partial charge in [0, 0.05) is 31.0 Å². The first-order valence-corrected chi connectivity index (χ1v) is 9.14. The number of non-ortho nitro benzene ring substituents is 1. The summed E-state index contributed by atoms with van der Waals surface area (Å²) in [7, 11) is 0. The van der Waals surface area contributed by atoms with E-state index in [-0.39, 0.29) is 11.6 Å². The Balaban J connectivity index is 1.82. The largest absolute Gasteiger partial charge is 0.289 e. The van der Waals surface area contributed by atoms with Crippen molar-refractivity contribution in [3.63, 3.8) is 0 Å². The molecule has 25 heavy (non-hydrogen) atoms. The van der Waals surface area contributed by atoms with Crippen LogP contribution in [0.5, 0.6) is 0 Å². The number of nitro benzene ring substituents is 1. The van der Waals surface area contributed by atoms with Crippen LogP contribution < -0.4 is 4.90 Å². The van der Waals surface area contributed by atoms with Crippen LogP contribution in [0.25, 0.3) is 22.4 Å². The molecule has 0 bridgehead atoms. The van der Waals surface area contributed by atoms with Crippen molar-refractivity contribution in [3.05, 3.63) is 44.4 Å². The first-order valence-electron chi connectivity index (χ1n) is 7.44. The Morgan fingerprint density at radius 2 is 2.16 bits per heavy atom. The second-order valence-electron chi connectivity index (χ2n) is 5.11. The van der Waals surface area contributed by atoms with E-state index in [4.69, 9.17) is 0 Å². The minimum atomic E-state index is -0.431. The van der Waals surface area contributed by atoms with Gasteiger partial charge < -0.3 is 0 Å². The fraction of sp³-hybridized carbons (Fsp3) is 0.188. The summed E-state index contributed by atoms with van der Waals surface area (Å²) in [6.07, 6.45) is 3.64. The summed E-state index contributed by atoms with van der Waals surface area (Å²) in [6, 6.07) is 4.65. The third kappa shape index (κ3) is 3.72. The van der Waals surface area contributed by atoms with Crippen LogP contribution in [0.2, 0.25) is 0 Å². The topological polar surface area (TPSA) is 89.2 Å². The van der Waals surface area contributed by atoms with Crippen molar-refractivity contribution in [2.24, 2.45) is 0 Å². The molecular formula is C16H14N4O3S2. The molecule has 0 N–H and O–H groups in total. The zero-order chi connectivity index (χ0) is 18.0. The predicted molar refractivity (Wildman–Crippen MR) is 101 cm³/mol. The molecule has 0 fully saturated rings. The highest BCUT2D eigenvalue weighted by molar-refractivity contribution is 7.19. The van der Waals surface area contributed by atoms with E-state index in [1.807, 2.05) is 24.5 Å². The Morgan fingerprint density at radius 1 is 1.36 bits per heavy atom. The summed E-state index contributed by atoms with van der Waals surface area (Å²) in [6.45, 7) is 3.99. The van der Waals surface area contributed by atoms with Gasteiger partial charge in [0.1, 0.15) is 5.01 Å².